The van der Waals surface area contributed by atoms with Crippen LogP contribution in [0.5, 0.6) is 5.75 Å². The van der Waals surface area contributed by atoms with Crippen LogP contribution in [0.3, 0.4) is 0 Å². The average molecular weight is 250 g/mol. The molecule has 0 aromatic heterocycles. The Morgan fingerprint density at radius 3 is 2.22 bits per heavy atom. The molecule has 18 heavy (non-hydrogen) atoms. The molecule has 4 heteroatoms. The van der Waals surface area contributed by atoms with E-state index >= 15 is 0 Å². The van der Waals surface area contributed by atoms with Gasteiger partial charge in [-0.05, 0) is 25.5 Å². The number of phenolic OH excluding ortho intramolecular Hbond substituents is 1. The normalized spacial score (nSPS) is 9.17. The fraction of sp³-hybridized carbons (Fsp3) is 0.357. The van der Waals surface area contributed by atoms with Gasteiger partial charge in [-0.15, -0.1) is 0 Å². The lowest BCUT2D eigenvalue weighted by Crippen LogP contribution is -2.32. The summed E-state index contributed by atoms with van der Waals surface area (Å²) >= 11 is 0. The minimum absolute atomic E-state index is 0.133. The maximum atomic E-state index is 11.5. The highest BCUT2D eigenvalue weighted by molar-refractivity contribution is 5.96. The van der Waals surface area contributed by atoms with E-state index in [1.807, 2.05) is 20.8 Å². The Hall–Kier alpha value is -1.97. The van der Waals surface area contributed by atoms with E-state index in [4.69, 9.17) is 5.73 Å². The predicted molar refractivity (Wildman–Crippen MR) is 75.4 cm³/mol. The second kappa shape index (κ2) is 6.69. The lowest BCUT2D eigenvalue weighted by molar-refractivity contribution is -0.116. The molecule has 0 saturated heterocycles. The molecule has 0 spiro atoms. The van der Waals surface area contributed by atoms with E-state index in [0.29, 0.717) is 11.3 Å². The zero-order valence-electron chi connectivity index (χ0n) is 11.7. The van der Waals surface area contributed by atoms with Gasteiger partial charge in [0.25, 0.3) is 0 Å². The molecular weight excluding hydrogens is 228 g/mol. The number of hydrogen-bond acceptors (Lipinski definition) is 3. The summed E-state index contributed by atoms with van der Waals surface area (Å²) < 4.78 is 0. The quantitative estimate of drug-likeness (QED) is 0.848. The van der Waals surface area contributed by atoms with Gasteiger partial charge in [-0.3, -0.25) is 9.69 Å². The third kappa shape index (κ3) is 3.26. The van der Waals surface area contributed by atoms with Crippen LogP contribution < -0.4 is 10.6 Å². The van der Waals surface area contributed by atoms with E-state index in [1.165, 1.54) is 11.8 Å². The monoisotopic (exact) mass is 250 g/mol. The van der Waals surface area contributed by atoms with Gasteiger partial charge < -0.3 is 10.8 Å². The van der Waals surface area contributed by atoms with E-state index in [2.05, 4.69) is 6.58 Å². The van der Waals surface area contributed by atoms with Crippen LogP contribution in [0.15, 0.2) is 24.5 Å². The van der Waals surface area contributed by atoms with E-state index in [-0.39, 0.29) is 17.5 Å². The second-order valence-corrected chi connectivity index (χ2v) is 3.72. The van der Waals surface area contributed by atoms with E-state index in [0.717, 1.165) is 5.56 Å². The Kier molecular flexibility index (Phi) is 5.96. The molecule has 0 heterocycles. The highest BCUT2D eigenvalue weighted by Gasteiger charge is 2.19. The van der Waals surface area contributed by atoms with E-state index in [9.17, 15) is 9.90 Å². The number of phenols is 1. The van der Waals surface area contributed by atoms with Crippen LogP contribution in [-0.4, -0.2) is 11.0 Å². The van der Waals surface area contributed by atoms with Gasteiger partial charge in [-0.2, -0.15) is 0 Å². The number of hydrogen-bond donors (Lipinski definition) is 2. The fourth-order valence-electron chi connectivity index (χ4n) is 1.67. The number of benzene rings is 1. The number of nitrogens with zero attached hydrogens (tertiary/aromatic N) is 1. The van der Waals surface area contributed by atoms with Crippen molar-refractivity contribution >= 4 is 11.6 Å². The molecule has 0 atom stereocenters. The van der Waals surface area contributed by atoms with Gasteiger partial charge in [0.05, 0.1) is 5.69 Å². The van der Waals surface area contributed by atoms with Crippen molar-refractivity contribution in [2.45, 2.75) is 34.6 Å². The van der Waals surface area contributed by atoms with Gasteiger partial charge >= 0.3 is 0 Å². The van der Waals surface area contributed by atoms with Crippen molar-refractivity contribution in [1.29, 1.82) is 0 Å². The first-order chi connectivity index (χ1) is 8.36. The molecule has 1 rings (SSSR count). The van der Waals surface area contributed by atoms with Crippen molar-refractivity contribution in [2.75, 3.05) is 4.90 Å². The van der Waals surface area contributed by atoms with Crippen LogP contribution in [-0.2, 0) is 4.79 Å². The number of rotatable bonds is 2. The summed E-state index contributed by atoms with van der Waals surface area (Å²) in [5.74, 6) is 0.0432. The molecule has 1 aromatic rings. The van der Waals surface area contributed by atoms with Crippen molar-refractivity contribution in [3.8, 4) is 5.75 Å². The van der Waals surface area contributed by atoms with Crippen molar-refractivity contribution < 1.29 is 9.90 Å². The molecular formula is C14H22N2O2. The number of aromatic hydroxyl groups is 1. The topological polar surface area (TPSA) is 66.6 Å². The third-order valence-corrected chi connectivity index (χ3v) is 2.43. The van der Waals surface area contributed by atoms with Crippen molar-refractivity contribution in [3.05, 3.63) is 35.7 Å². The zero-order valence-corrected chi connectivity index (χ0v) is 11.7. The predicted octanol–water partition coefficient (Wildman–Crippen LogP) is 2.82. The molecule has 3 N–H and O–H groups in total. The number of carbonyl (C=O) groups is 1. The number of aryl methyl sites for hydroxylation is 1. The van der Waals surface area contributed by atoms with Crippen molar-refractivity contribution in [1.82, 2.24) is 0 Å². The van der Waals surface area contributed by atoms with Crippen molar-refractivity contribution in [2.24, 2.45) is 5.73 Å². The van der Waals surface area contributed by atoms with Crippen LogP contribution in [0.1, 0.15) is 31.9 Å². The van der Waals surface area contributed by atoms with Gasteiger partial charge in [0.1, 0.15) is 11.6 Å². The van der Waals surface area contributed by atoms with Gasteiger partial charge in [0.2, 0.25) is 5.91 Å². The number of anilines is 1. The summed E-state index contributed by atoms with van der Waals surface area (Å²) in [6.45, 7) is 12.6. The first kappa shape index (κ1) is 16.0. The van der Waals surface area contributed by atoms with Gasteiger partial charge in [-0.1, -0.05) is 26.5 Å². The summed E-state index contributed by atoms with van der Waals surface area (Å²) in [6.07, 6.45) is 0. The minimum Gasteiger partial charge on any atom is -0.508 e. The Morgan fingerprint density at radius 2 is 1.83 bits per heavy atom. The highest BCUT2D eigenvalue weighted by atomic mass is 16.3. The van der Waals surface area contributed by atoms with E-state index in [1.54, 1.807) is 19.1 Å². The molecule has 0 bridgehead atoms. The summed E-state index contributed by atoms with van der Waals surface area (Å²) in [4.78, 5) is 12.8. The van der Waals surface area contributed by atoms with Crippen LogP contribution in [0.25, 0.3) is 0 Å². The molecule has 0 unspecified atom stereocenters. The highest BCUT2D eigenvalue weighted by Crippen LogP contribution is 2.32. The molecule has 100 valence electrons. The first-order valence-electron chi connectivity index (χ1n) is 5.90. The molecule has 0 aliphatic carbocycles. The lowest BCUT2D eigenvalue weighted by atomic mass is 10.1. The first-order valence-corrected chi connectivity index (χ1v) is 5.90. The summed E-state index contributed by atoms with van der Waals surface area (Å²) in [5.41, 5.74) is 7.65. The summed E-state index contributed by atoms with van der Waals surface area (Å²) in [6, 6.07) is 3.32. The minimum atomic E-state index is -0.232. The Morgan fingerprint density at radius 1 is 1.33 bits per heavy atom. The lowest BCUT2D eigenvalue weighted by Gasteiger charge is -2.24. The van der Waals surface area contributed by atoms with E-state index < -0.39 is 0 Å². The second-order valence-electron chi connectivity index (χ2n) is 3.72. The molecule has 1 aromatic carbocycles. The van der Waals surface area contributed by atoms with Crippen LogP contribution in [0, 0.1) is 13.8 Å². The van der Waals surface area contributed by atoms with Gasteiger partial charge in [0, 0.05) is 12.5 Å². The van der Waals surface area contributed by atoms with Gasteiger partial charge in [-0.25, -0.2) is 0 Å². The summed E-state index contributed by atoms with van der Waals surface area (Å²) in [7, 11) is 0. The molecule has 0 saturated carbocycles. The third-order valence-electron chi connectivity index (χ3n) is 2.43. The Labute approximate surface area is 109 Å². The van der Waals surface area contributed by atoms with Crippen molar-refractivity contribution in [3.63, 3.8) is 0 Å². The molecule has 1 amide bonds. The maximum absolute atomic E-state index is 11.5. The molecule has 0 radical (unpaired) electrons. The van der Waals surface area contributed by atoms with Gasteiger partial charge in [0.15, 0.2) is 0 Å². The smallest absolute Gasteiger partial charge is 0.229 e. The molecule has 4 nitrogen and oxygen atoms in total. The fourth-order valence-corrected chi connectivity index (χ4v) is 1.67. The van der Waals surface area contributed by atoms with Crippen LogP contribution >= 0.6 is 0 Å². The Bertz CT molecular complexity index is 439. The molecule has 0 fully saturated rings. The van der Waals surface area contributed by atoms with Crippen LogP contribution in [0.2, 0.25) is 0 Å². The maximum Gasteiger partial charge on any atom is 0.229 e. The Balaban J connectivity index is 0.00000137. The SMILES string of the molecule is C=C(N)N(C(C)=O)c1c(C)ccc(O)c1C.CC. The molecule has 0 aliphatic rings. The number of nitrogens with two attached hydrogens (primary N) is 1. The zero-order chi connectivity index (χ0) is 14.5. The largest absolute Gasteiger partial charge is 0.508 e. The van der Waals surface area contributed by atoms with Crippen LogP contribution in [0.4, 0.5) is 5.69 Å². The molecule has 0 aliphatic heterocycles. The number of carbonyl (C=O) groups excluding carboxylic acids is 1. The standard InChI is InChI=1S/C12H16N2O2.C2H6/c1-7-5-6-11(16)8(2)12(7)14(9(3)13)10(4)15;1-2/h5-6,16H,3,13H2,1-2,4H3;1-2H3. The summed E-state index contributed by atoms with van der Waals surface area (Å²) in [5, 5.41) is 9.63. The average Bonchev–Trinajstić information content (AvgIpc) is 2.31. The number of amides is 1.